The van der Waals surface area contributed by atoms with Crippen LogP contribution in [-0.4, -0.2) is 5.11 Å². The normalized spacial score (nSPS) is 9.50. The Bertz CT molecular complexity index is 823. The third-order valence-corrected chi connectivity index (χ3v) is 4.04. The van der Waals surface area contributed by atoms with Crippen molar-refractivity contribution >= 4 is 0 Å². The van der Waals surface area contributed by atoms with Gasteiger partial charge in [0, 0.05) is 0 Å². The average Bonchev–Trinajstić information content (AvgIpc) is 2.72. The lowest BCUT2D eigenvalue weighted by atomic mass is 10.0. The maximum absolute atomic E-state index is 10.2. The molecule has 0 amide bonds. The van der Waals surface area contributed by atoms with E-state index < -0.39 is 0 Å². The first-order chi connectivity index (χ1) is 13.5. The van der Waals surface area contributed by atoms with Crippen molar-refractivity contribution in [2.75, 3.05) is 0 Å². The fraction of sp³-hybridized carbons (Fsp3) is 0.308. The van der Waals surface area contributed by atoms with Crippen LogP contribution in [0, 0.1) is 13.8 Å². The van der Waals surface area contributed by atoms with Crippen molar-refractivity contribution in [2.45, 2.75) is 54.6 Å². The monoisotopic (exact) mass is 378 g/mol. The first-order valence-electron chi connectivity index (χ1n) is 10.1. The second-order valence-electron chi connectivity index (χ2n) is 6.46. The summed E-state index contributed by atoms with van der Waals surface area (Å²) in [5.41, 5.74) is 5.66. The van der Waals surface area contributed by atoms with Gasteiger partial charge in [-0.2, -0.15) is 0 Å². The van der Waals surface area contributed by atoms with E-state index in [0.717, 1.165) is 16.7 Å². The SMILES string of the molecule is CC.CCC.Cc1ccc(-c2ccc(OCc3ccccc3)c(O)c2)cc1C. The zero-order valence-corrected chi connectivity index (χ0v) is 18.1. The molecule has 2 heteroatoms. The molecule has 0 saturated carbocycles. The van der Waals surface area contributed by atoms with Crippen LogP contribution < -0.4 is 4.74 Å². The summed E-state index contributed by atoms with van der Waals surface area (Å²) in [4.78, 5) is 0. The van der Waals surface area contributed by atoms with Crippen molar-refractivity contribution in [3.8, 4) is 22.6 Å². The molecule has 0 aliphatic heterocycles. The summed E-state index contributed by atoms with van der Waals surface area (Å²) in [6.45, 7) is 12.9. The number of benzene rings is 3. The topological polar surface area (TPSA) is 29.5 Å². The number of rotatable bonds is 4. The van der Waals surface area contributed by atoms with E-state index in [0.29, 0.717) is 12.4 Å². The fourth-order valence-corrected chi connectivity index (χ4v) is 2.48. The van der Waals surface area contributed by atoms with Crippen LogP contribution in [0.5, 0.6) is 11.5 Å². The molecule has 2 nitrogen and oxygen atoms in total. The number of phenolic OH excluding ortho intramolecular Hbond substituents is 1. The average molecular weight is 379 g/mol. The van der Waals surface area contributed by atoms with E-state index in [2.05, 4.69) is 45.9 Å². The van der Waals surface area contributed by atoms with Crippen molar-refractivity contribution in [3.63, 3.8) is 0 Å². The highest BCUT2D eigenvalue weighted by Gasteiger charge is 2.07. The standard InChI is InChI=1S/C21H20O2.C3H8.C2H6/c1-15-8-9-18(12-16(15)2)19-10-11-21(20(22)13-19)23-14-17-6-4-3-5-7-17;1-3-2;1-2/h3-13,22H,14H2,1-2H3;3H2,1-2H3;1-2H3. The third-order valence-electron chi connectivity index (χ3n) is 4.04. The molecular weight excluding hydrogens is 344 g/mol. The van der Waals surface area contributed by atoms with Crippen LogP contribution in [0.15, 0.2) is 66.7 Å². The molecule has 0 heterocycles. The zero-order valence-electron chi connectivity index (χ0n) is 18.1. The molecule has 1 N–H and O–H groups in total. The van der Waals surface area contributed by atoms with Gasteiger partial charge in [-0.15, -0.1) is 0 Å². The minimum absolute atomic E-state index is 0.164. The number of hydrogen-bond donors (Lipinski definition) is 1. The molecule has 0 unspecified atom stereocenters. The first-order valence-corrected chi connectivity index (χ1v) is 10.1. The van der Waals surface area contributed by atoms with Crippen molar-refractivity contribution in [1.82, 2.24) is 0 Å². The van der Waals surface area contributed by atoms with E-state index in [9.17, 15) is 5.11 Å². The molecule has 0 bridgehead atoms. The lowest BCUT2D eigenvalue weighted by molar-refractivity contribution is 0.289. The number of ether oxygens (including phenoxy) is 1. The summed E-state index contributed by atoms with van der Waals surface area (Å²) in [7, 11) is 0. The molecule has 0 aromatic heterocycles. The Morgan fingerprint density at radius 1 is 0.750 bits per heavy atom. The van der Waals surface area contributed by atoms with E-state index in [-0.39, 0.29) is 5.75 Å². The van der Waals surface area contributed by atoms with E-state index in [4.69, 9.17) is 4.74 Å². The minimum atomic E-state index is 0.164. The molecule has 3 aromatic carbocycles. The van der Waals surface area contributed by atoms with Gasteiger partial charge in [0.1, 0.15) is 6.61 Å². The van der Waals surface area contributed by atoms with Gasteiger partial charge in [0.15, 0.2) is 11.5 Å². The van der Waals surface area contributed by atoms with Gasteiger partial charge >= 0.3 is 0 Å². The van der Waals surface area contributed by atoms with Crippen LogP contribution in [-0.2, 0) is 6.61 Å². The van der Waals surface area contributed by atoms with E-state index in [1.165, 1.54) is 17.5 Å². The van der Waals surface area contributed by atoms with Gasteiger partial charge in [0.25, 0.3) is 0 Å². The predicted molar refractivity (Wildman–Crippen MR) is 121 cm³/mol. The van der Waals surface area contributed by atoms with Gasteiger partial charge < -0.3 is 9.84 Å². The van der Waals surface area contributed by atoms with E-state index in [1.807, 2.05) is 56.3 Å². The van der Waals surface area contributed by atoms with E-state index >= 15 is 0 Å². The Kier molecular flexibility index (Phi) is 10.5. The van der Waals surface area contributed by atoms with E-state index in [1.54, 1.807) is 6.07 Å². The number of aryl methyl sites for hydroxylation is 2. The first kappa shape index (κ1) is 23.3. The smallest absolute Gasteiger partial charge is 0.161 e. The summed E-state index contributed by atoms with van der Waals surface area (Å²) in [6.07, 6.45) is 1.25. The minimum Gasteiger partial charge on any atom is -0.504 e. The highest BCUT2D eigenvalue weighted by atomic mass is 16.5. The van der Waals surface area contributed by atoms with Gasteiger partial charge in [0.05, 0.1) is 0 Å². The Morgan fingerprint density at radius 2 is 1.32 bits per heavy atom. The third kappa shape index (κ3) is 7.11. The summed E-state index contributed by atoms with van der Waals surface area (Å²) in [5, 5.41) is 10.2. The zero-order chi connectivity index (χ0) is 20.9. The second kappa shape index (κ2) is 12.6. The lowest BCUT2D eigenvalue weighted by Gasteiger charge is -2.11. The van der Waals surface area contributed by atoms with Crippen LogP contribution in [0.3, 0.4) is 0 Å². The van der Waals surface area contributed by atoms with Crippen LogP contribution in [0.25, 0.3) is 11.1 Å². The largest absolute Gasteiger partial charge is 0.504 e. The van der Waals surface area contributed by atoms with Gasteiger partial charge in [-0.3, -0.25) is 0 Å². The molecule has 0 radical (unpaired) electrons. The van der Waals surface area contributed by atoms with Gasteiger partial charge in [0.2, 0.25) is 0 Å². The lowest BCUT2D eigenvalue weighted by Crippen LogP contribution is -1.95. The number of phenols is 1. The highest BCUT2D eigenvalue weighted by Crippen LogP contribution is 2.32. The Labute approximate surface area is 170 Å². The van der Waals surface area contributed by atoms with Crippen molar-refractivity contribution in [1.29, 1.82) is 0 Å². The number of hydrogen-bond acceptors (Lipinski definition) is 2. The summed E-state index contributed by atoms with van der Waals surface area (Å²) < 4.78 is 5.71. The maximum atomic E-state index is 10.2. The van der Waals surface area contributed by atoms with Gasteiger partial charge in [-0.25, -0.2) is 0 Å². The molecule has 3 rings (SSSR count). The molecule has 0 atom stereocenters. The molecule has 0 aliphatic carbocycles. The number of aromatic hydroxyl groups is 1. The fourth-order valence-electron chi connectivity index (χ4n) is 2.48. The maximum Gasteiger partial charge on any atom is 0.161 e. The van der Waals surface area contributed by atoms with Gasteiger partial charge in [-0.1, -0.05) is 88.7 Å². The van der Waals surface area contributed by atoms with Crippen LogP contribution in [0.4, 0.5) is 0 Å². The molecule has 0 aliphatic rings. The molecule has 0 spiro atoms. The van der Waals surface area contributed by atoms with Crippen molar-refractivity contribution < 1.29 is 9.84 Å². The molecule has 3 aromatic rings. The molecule has 0 fully saturated rings. The Balaban J connectivity index is 0.000000717. The molecule has 28 heavy (non-hydrogen) atoms. The molecule has 150 valence electrons. The van der Waals surface area contributed by atoms with Crippen molar-refractivity contribution in [3.05, 3.63) is 83.4 Å². The Morgan fingerprint density at radius 3 is 1.89 bits per heavy atom. The van der Waals surface area contributed by atoms with Crippen molar-refractivity contribution in [2.24, 2.45) is 0 Å². The van der Waals surface area contributed by atoms with Crippen LogP contribution in [0.2, 0.25) is 0 Å². The predicted octanol–water partition coefficient (Wildman–Crippen LogP) is 7.70. The summed E-state index contributed by atoms with van der Waals surface area (Å²) >= 11 is 0. The van der Waals surface area contributed by atoms with Gasteiger partial charge in [-0.05, 0) is 53.8 Å². The quantitative estimate of drug-likeness (QED) is 0.504. The molecular formula is C26H34O2. The highest BCUT2D eigenvalue weighted by molar-refractivity contribution is 5.68. The summed E-state index contributed by atoms with van der Waals surface area (Å²) in [5.74, 6) is 0.665. The summed E-state index contributed by atoms with van der Waals surface area (Å²) in [6, 6.07) is 21.8. The Hall–Kier alpha value is -2.74. The molecule has 0 saturated heterocycles. The van der Waals surface area contributed by atoms with Crippen LogP contribution in [0.1, 0.15) is 50.8 Å². The van der Waals surface area contributed by atoms with Crippen LogP contribution >= 0.6 is 0 Å². The second-order valence-corrected chi connectivity index (χ2v) is 6.46.